The van der Waals surface area contributed by atoms with Gasteiger partial charge in [-0.15, -0.1) is 0 Å². The zero-order chi connectivity index (χ0) is 11.4. The highest BCUT2D eigenvalue weighted by atomic mass is 16.7. The number of carbonyl (C=O) groups is 1. The number of hydrogen-bond donors (Lipinski definition) is 1. The summed E-state index contributed by atoms with van der Waals surface area (Å²) in [5, 5.41) is 0. The summed E-state index contributed by atoms with van der Waals surface area (Å²) in [6.07, 6.45) is 4.34. The lowest BCUT2D eigenvalue weighted by atomic mass is 9.91. The summed E-state index contributed by atoms with van der Waals surface area (Å²) < 4.78 is 0. The molecule has 86 valence electrons. The first kappa shape index (κ1) is 11.0. The van der Waals surface area contributed by atoms with Crippen LogP contribution in [0.2, 0.25) is 0 Å². The van der Waals surface area contributed by atoms with Crippen molar-refractivity contribution < 1.29 is 9.63 Å². The lowest BCUT2D eigenvalue weighted by Gasteiger charge is -2.24. The van der Waals surface area contributed by atoms with Crippen LogP contribution in [0, 0.1) is 0 Å². The van der Waals surface area contributed by atoms with Gasteiger partial charge >= 0.3 is 0 Å². The van der Waals surface area contributed by atoms with Gasteiger partial charge in [-0.2, -0.15) is 5.48 Å². The molecule has 1 amide bonds. The van der Waals surface area contributed by atoms with Gasteiger partial charge in [0.15, 0.2) is 5.75 Å². The molecule has 0 saturated carbocycles. The van der Waals surface area contributed by atoms with E-state index in [1.807, 2.05) is 24.3 Å². The van der Waals surface area contributed by atoms with Crippen molar-refractivity contribution in [2.45, 2.75) is 38.5 Å². The summed E-state index contributed by atoms with van der Waals surface area (Å²) in [4.78, 5) is 16.9. The van der Waals surface area contributed by atoms with Gasteiger partial charge in [0, 0.05) is 5.56 Å². The maximum atomic E-state index is 11.7. The minimum atomic E-state index is -0.0449. The Hall–Kier alpha value is -1.51. The highest BCUT2D eigenvalue weighted by molar-refractivity contribution is 5.85. The van der Waals surface area contributed by atoms with E-state index in [4.69, 9.17) is 4.84 Å². The van der Waals surface area contributed by atoms with Crippen molar-refractivity contribution in [2.24, 2.45) is 0 Å². The molecule has 1 aliphatic heterocycles. The minimum absolute atomic E-state index is 0.0187. The zero-order valence-electron chi connectivity index (χ0n) is 9.53. The van der Waals surface area contributed by atoms with E-state index in [2.05, 4.69) is 12.4 Å². The average Bonchev–Trinajstić information content (AvgIpc) is 2.32. The molecule has 1 aromatic carbocycles. The molecule has 0 aromatic heterocycles. The third-order valence-electron chi connectivity index (χ3n) is 2.97. The maximum Gasteiger partial charge on any atom is 0.260 e. The highest BCUT2D eigenvalue weighted by Gasteiger charge is 2.28. The van der Waals surface area contributed by atoms with Crippen LogP contribution in [0.25, 0.3) is 0 Å². The Morgan fingerprint density at radius 1 is 1.31 bits per heavy atom. The number of para-hydroxylation sites is 1. The van der Waals surface area contributed by atoms with Gasteiger partial charge in [0.2, 0.25) is 0 Å². The lowest BCUT2D eigenvalue weighted by Crippen LogP contribution is -2.36. The van der Waals surface area contributed by atoms with E-state index >= 15 is 0 Å². The largest absolute Gasteiger partial charge is 0.379 e. The fourth-order valence-electron chi connectivity index (χ4n) is 2.06. The monoisotopic (exact) mass is 219 g/mol. The van der Waals surface area contributed by atoms with Crippen molar-refractivity contribution in [3.05, 3.63) is 29.8 Å². The number of fused-ring (bicyclic) bond motifs is 1. The van der Waals surface area contributed by atoms with Crippen LogP contribution in [0.3, 0.4) is 0 Å². The SMILES string of the molecule is CCCCCC1C(=O)NOc2ccccc21. The third-order valence-corrected chi connectivity index (χ3v) is 2.97. The number of hydrogen-bond acceptors (Lipinski definition) is 2. The normalized spacial score (nSPS) is 18.6. The molecule has 0 spiro atoms. The number of unbranched alkanes of at least 4 members (excludes halogenated alkanes) is 2. The van der Waals surface area contributed by atoms with Gasteiger partial charge in [0.05, 0.1) is 5.92 Å². The molecule has 1 N–H and O–H groups in total. The van der Waals surface area contributed by atoms with E-state index in [9.17, 15) is 4.79 Å². The predicted octanol–water partition coefficient (Wildman–Crippen LogP) is 2.77. The fourth-order valence-corrected chi connectivity index (χ4v) is 2.06. The summed E-state index contributed by atoms with van der Waals surface area (Å²) >= 11 is 0. The molecule has 3 nitrogen and oxygen atoms in total. The van der Waals surface area contributed by atoms with Gasteiger partial charge < -0.3 is 4.84 Å². The van der Waals surface area contributed by atoms with Crippen LogP contribution >= 0.6 is 0 Å². The van der Waals surface area contributed by atoms with Crippen LogP contribution < -0.4 is 10.3 Å². The molecule has 3 heteroatoms. The van der Waals surface area contributed by atoms with E-state index < -0.39 is 0 Å². The number of nitrogens with one attached hydrogen (secondary N) is 1. The Kier molecular flexibility index (Phi) is 3.44. The average molecular weight is 219 g/mol. The number of rotatable bonds is 4. The zero-order valence-corrected chi connectivity index (χ0v) is 9.53. The fraction of sp³-hybridized carbons (Fsp3) is 0.462. The topological polar surface area (TPSA) is 38.3 Å². The molecular weight excluding hydrogens is 202 g/mol. The van der Waals surface area contributed by atoms with E-state index in [-0.39, 0.29) is 11.8 Å². The van der Waals surface area contributed by atoms with Crippen molar-refractivity contribution in [1.29, 1.82) is 0 Å². The third kappa shape index (κ3) is 2.18. The molecule has 0 radical (unpaired) electrons. The van der Waals surface area contributed by atoms with Crippen molar-refractivity contribution in [1.82, 2.24) is 5.48 Å². The molecule has 1 aliphatic rings. The Balaban J connectivity index is 2.13. The molecule has 0 fully saturated rings. The first-order chi connectivity index (χ1) is 7.83. The standard InChI is InChI=1S/C13H17NO2/c1-2-3-4-8-11-10-7-5-6-9-12(10)16-14-13(11)15/h5-7,9,11H,2-4,8H2,1H3,(H,14,15). The summed E-state index contributed by atoms with van der Waals surface area (Å²) in [7, 11) is 0. The predicted molar refractivity (Wildman–Crippen MR) is 62.1 cm³/mol. The van der Waals surface area contributed by atoms with Gasteiger partial charge in [-0.1, -0.05) is 44.4 Å². The smallest absolute Gasteiger partial charge is 0.260 e. The van der Waals surface area contributed by atoms with Crippen molar-refractivity contribution in [3.63, 3.8) is 0 Å². The number of amides is 1. The van der Waals surface area contributed by atoms with E-state index in [1.165, 1.54) is 12.8 Å². The Labute approximate surface area is 95.8 Å². The number of hydroxylamine groups is 1. The highest BCUT2D eigenvalue weighted by Crippen LogP contribution is 2.33. The maximum absolute atomic E-state index is 11.7. The van der Waals surface area contributed by atoms with Gasteiger partial charge in [-0.3, -0.25) is 4.79 Å². The van der Waals surface area contributed by atoms with Crippen LogP contribution in [0.4, 0.5) is 0 Å². The Morgan fingerprint density at radius 3 is 2.94 bits per heavy atom. The number of carbonyl (C=O) groups excluding carboxylic acids is 1. The summed E-state index contributed by atoms with van der Waals surface area (Å²) in [6, 6.07) is 7.74. The first-order valence-electron chi connectivity index (χ1n) is 5.88. The quantitative estimate of drug-likeness (QED) is 0.791. The second-order valence-electron chi connectivity index (χ2n) is 4.15. The van der Waals surface area contributed by atoms with Gasteiger partial charge in [0.25, 0.3) is 5.91 Å². The molecule has 1 atom stereocenters. The molecule has 0 bridgehead atoms. The van der Waals surface area contributed by atoms with Crippen LogP contribution in [0.5, 0.6) is 5.75 Å². The van der Waals surface area contributed by atoms with Crippen LogP contribution in [0.1, 0.15) is 44.1 Å². The second kappa shape index (κ2) is 5.01. The van der Waals surface area contributed by atoms with E-state index in [1.54, 1.807) is 0 Å². The van der Waals surface area contributed by atoms with Crippen LogP contribution in [0.15, 0.2) is 24.3 Å². The Morgan fingerprint density at radius 2 is 2.12 bits per heavy atom. The van der Waals surface area contributed by atoms with Crippen molar-refractivity contribution >= 4 is 5.91 Å². The molecule has 0 saturated heterocycles. The molecule has 16 heavy (non-hydrogen) atoms. The molecule has 1 heterocycles. The van der Waals surface area contributed by atoms with Crippen molar-refractivity contribution in [3.8, 4) is 5.75 Å². The molecule has 0 aliphatic carbocycles. The minimum Gasteiger partial charge on any atom is -0.379 e. The number of benzene rings is 1. The molecule has 1 aromatic rings. The van der Waals surface area contributed by atoms with Crippen LogP contribution in [-0.4, -0.2) is 5.91 Å². The van der Waals surface area contributed by atoms with Crippen molar-refractivity contribution in [2.75, 3.05) is 0 Å². The summed E-state index contributed by atoms with van der Waals surface area (Å²) in [6.45, 7) is 2.16. The molecular formula is C13H17NO2. The summed E-state index contributed by atoms with van der Waals surface area (Å²) in [5.41, 5.74) is 3.49. The van der Waals surface area contributed by atoms with Gasteiger partial charge in [-0.25, -0.2) is 0 Å². The summed E-state index contributed by atoms with van der Waals surface area (Å²) in [5.74, 6) is 0.718. The van der Waals surface area contributed by atoms with E-state index in [0.29, 0.717) is 0 Å². The molecule has 1 unspecified atom stereocenters. The van der Waals surface area contributed by atoms with Gasteiger partial charge in [0.1, 0.15) is 0 Å². The molecule has 2 rings (SSSR count). The van der Waals surface area contributed by atoms with Crippen LogP contribution in [-0.2, 0) is 4.79 Å². The Bertz CT molecular complexity index is 376. The van der Waals surface area contributed by atoms with Gasteiger partial charge in [-0.05, 0) is 12.5 Å². The van der Waals surface area contributed by atoms with E-state index in [0.717, 1.165) is 24.2 Å². The second-order valence-corrected chi connectivity index (χ2v) is 4.15. The lowest BCUT2D eigenvalue weighted by molar-refractivity contribution is -0.131. The first-order valence-corrected chi connectivity index (χ1v) is 5.88.